The minimum Gasteiger partial charge on any atom is -0.312 e. The molecule has 1 aromatic carbocycles. The fraction of sp³-hybridized carbons (Fsp3) is 0.481. The van der Waals surface area contributed by atoms with Crippen LogP contribution in [-0.2, 0) is 12.1 Å². The summed E-state index contributed by atoms with van der Waals surface area (Å²) in [5.74, 6) is 0.680. The number of nitrogens with zero attached hydrogens (tertiary/aromatic N) is 6. The molecule has 2 fully saturated rings. The van der Waals surface area contributed by atoms with Crippen molar-refractivity contribution >= 4 is 29.0 Å². The number of fused-ring (bicyclic) bond motifs is 1. The first-order valence-electron chi connectivity index (χ1n) is 12.6. The molecule has 3 aliphatic rings. The third-order valence-electron chi connectivity index (χ3n) is 8.01. The number of rotatable bonds is 5. The largest absolute Gasteiger partial charge is 0.312 e. The van der Waals surface area contributed by atoms with Crippen LogP contribution in [0.1, 0.15) is 61.4 Å². The molecule has 4 heterocycles. The van der Waals surface area contributed by atoms with Gasteiger partial charge in [0, 0.05) is 25.3 Å². The van der Waals surface area contributed by atoms with E-state index in [2.05, 4.69) is 51.7 Å². The first-order valence-corrected chi connectivity index (χ1v) is 12.9. The van der Waals surface area contributed by atoms with Crippen LogP contribution in [-0.4, -0.2) is 43.7 Å². The molecule has 176 valence electrons. The second-order valence-electron chi connectivity index (χ2n) is 10.0. The smallest absolute Gasteiger partial charge is 0.224 e. The van der Waals surface area contributed by atoms with Gasteiger partial charge in [-0.15, -0.1) is 0 Å². The Kier molecular flexibility index (Phi) is 5.74. The summed E-state index contributed by atoms with van der Waals surface area (Å²) in [7, 11) is 0. The number of allylic oxidation sites excluding steroid dienone is 1. The average Bonchev–Trinajstić information content (AvgIpc) is 3.61. The van der Waals surface area contributed by atoms with E-state index in [0.29, 0.717) is 12.0 Å². The minimum absolute atomic E-state index is 0.270. The second-order valence-corrected chi connectivity index (χ2v) is 10.4. The number of hydrogen-bond donors (Lipinski definition) is 0. The molecule has 1 saturated heterocycles. The maximum absolute atomic E-state index is 6.51. The van der Waals surface area contributed by atoms with Gasteiger partial charge in [0.25, 0.3) is 0 Å². The summed E-state index contributed by atoms with van der Waals surface area (Å²) in [6.45, 7) is 4.14. The van der Waals surface area contributed by atoms with E-state index in [0.717, 1.165) is 49.2 Å². The topological polar surface area (TPSA) is 59.2 Å². The van der Waals surface area contributed by atoms with Gasteiger partial charge in [-0.05, 0) is 79.8 Å². The number of imidazole rings is 1. The zero-order valence-electron chi connectivity index (χ0n) is 19.7. The Hall–Kier alpha value is -2.57. The third kappa shape index (κ3) is 3.77. The van der Waals surface area contributed by atoms with E-state index in [1.807, 2.05) is 18.6 Å². The van der Waals surface area contributed by atoms with E-state index < -0.39 is 5.66 Å². The molecule has 3 aromatic rings. The first-order chi connectivity index (χ1) is 16.6. The van der Waals surface area contributed by atoms with Crippen molar-refractivity contribution in [3.05, 3.63) is 64.8 Å². The molecule has 0 radical (unpaired) electrons. The number of aromatic nitrogens is 4. The van der Waals surface area contributed by atoms with Gasteiger partial charge in [0.1, 0.15) is 11.2 Å². The summed E-state index contributed by atoms with van der Waals surface area (Å²) in [5, 5.41) is 0.270. The standard InChI is InChI=1S/C27H31ClN6/c1-19-7-2-3-8-21(19)17-20-11-15-33(16-12-20)27(13-6-14-30-27)24-23-25(32-26(28)31-24)34(18-29-23)22-9-4-5-10-22/h2-3,6-8,13-14,18,20,22H,4-5,9-12,15-17H2,1H3. The maximum Gasteiger partial charge on any atom is 0.224 e. The zero-order valence-corrected chi connectivity index (χ0v) is 20.5. The SMILES string of the molecule is Cc1ccccc1CC1CCN(C2(c3nc(Cl)nc4c3ncn4C3CCCC3)C=CC=N2)CC1. The van der Waals surface area contributed by atoms with E-state index >= 15 is 0 Å². The van der Waals surface area contributed by atoms with E-state index in [9.17, 15) is 0 Å². The van der Waals surface area contributed by atoms with E-state index in [-0.39, 0.29) is 5.28 Å². The fourth-order valence-corrected chi connectivity index (χ4v) is 6.24. The molecule has 6 rings (SSSR count). The molecular weight excluding hydrogens is 444 g/mol. The Bertz CT molecular complexity index is 1240. The van der Waals surface area contributed by atoms with Crippen molar-refractivity contribution in [3.63, 3.8) is 0 Å². The number of likely N-dealkylation sites (tertiary alicyclic amines) is 1. The molecule has 2 aromatic heterocycles. The molecule has 0 N–H and O–H groups in total. The Morgan fingerprint density at radius 1 is 1.06 bits per heavy atom. The van der Waals surface area contributed by atoms with Gasteiger partial charge in [-0.1, -0.05) is 37.1 Å². The van der Waals surface area contributed by atoms with Gasteiger partial charge in [-0.25, -0.2) is 9.97 Å². The molecule has 1 unspecified atom stereocenters. The van der Waals surface area contributed by atoms with Crippen molar-refractivity contribution in [1.82, 2.24) is 24.4 Å². The predicted octanol–water partition coefficient (Wildman–Crippen LogP) is 5.65. The zero-order chi connectivity index (χ0) is 23.1. The number of hydrogen-bond acceptors (Lipinski definition) is 5. The molecule has 7 heteroatoms. The summed E-state index contributed by atoms with van der Waals surface area (Å²) >= 11 is 6.51. The Labute approximate surface area is 205 Å². The van der Waals surface area contributed by atoms with Crippen LogP contribution in [0.5, 0.6) is 0 Å². The molecule has 2 aliphatic heterocycles. The lowest BCUT2D eigenvalue weighted by Crippen LogP contribution is -2.48. The Morgan fingerprint density at radius 2 is 1.85 bits per heavy atom. The van der Waals surface area contributed by atoms with Crippen LogP contribution in [0.15, 0.2) is 47.7 Å². The normalized spacial score (nSPS) is 24.1. The highest BCUT2D eigenvalue weighted by molar-refractivity contribution is 6.28. The molecule has 0 bridgehead atoms. The maximum atomic E-state index is 6.51. The molecule has 6 nitrogen and oxygen atoms in total. The highest BCUT2D eigenvalue weighted by Crippen LogP contribution is 2.41. The quantitative estimate of drug-likeness (QED) is 0.448. The van der Waals surface area contributed by atoms with E-state index in [4.69, 9.17) is 26.6 Å². The van der Waals surface area contributed by atoms with Gasteiger partial charge in [0.2, 0.25) is 5.28 Å². The van der Waals surface area contributed by atoms with Crippen molar-refractivity contribution in [3.8, 4) is 0 Å². The molecule has 0 spiro atoms. The fourth-order valence-electron chi connectivity index (χ4n) is 6.08. The average molecular weight is 475 g/mol. The predicted molar refractivity (Wildman–Crippen MR) is 136 cm³/mol. The molecule has 0 amide bonds. The lowest BCUT2D eigenvalue weighted by molar-refractivity contribution is 0.0866. The number of halogens is 1. The molecule has 1 atom stereocenters. The Morgan fingerprint density at radius 3 is 2.59 bits per heavy atom. The Balaban J connectivity index is 1.30. The van der Waals surface area contributed by atoms with Crippen molar-refractivity contribution < 1.29 is 0 Å². The van der Waals surface area contributed by atoms with Crippen LogP contribution in [0.2, 0.25) is 5.28 Å². The number of aliphatic imine (C=N–C) groups is 1. The van der Waals surface area contributed by atoms with Gasteiger partial charge < -0.3 is 4.57 Å². The van der Waals surface area contributed by atoms with E-state index in [1.54, 1.807) is 0 Å². The minimum atomic E-state index is -0.659. The highest BCUT2D eigenvalue weighted by atomic mass is 35.5. The van der Waals surface area contributed by atoms with Gasteiger partial charge >= 0.3 is 0 Å². The lowest BCUT2D eigenvalue weighted by Gasteiger charge is -2.41. The monoisotopic (exact) mass is 474 g/mol. The third-order valence-corrected chi connectivity index (χ3v) is 8.18. The molecule has 1 aliphatic carbocycles. The van der Waals surface area contributed by atoms with Crippen molar-refractivity contribution in [2.45, 2.75) is 63.6 Å². The van der Waals surface area contributed by atoms with Crippen LogP contribution >= 0.6 is 11.6 Å². The first kappa shape index (κ1) is 21.9. The summed E-state index contributed by atoms with van der Waals surface area (Å²) in [6, 6.07) is 9.20. The van der Waals surface area contributed by atoms with Crippen LogP contribution in [0.25, 0.3) is 11.2 Å². The summed E-state index contributed by atoms with van der Waals surface area (Å²) in [6.07, 6.45) is 16.2. The number of benzene rings is 1. The second kappa shape index (κ2) is 8.90. The van der Waals surface area contributed by atoms with Gasteiger partial charge in [-0.3, -0.25) is 9.89 Å². The number of aryl methyl sites for hydroxylation is 1. The summed E-state index contributed by atoms with van der Waals surface area (Å²) in [4.78, 5) is 21.6. The van der Waals surface area contributed by atoms with Gasteiger partial charge in [-0.2, -0.15) is 4.98 Å². The van der Waals surface area contributed by atoms with Crippen LogP contribution in [0.3, 0.4) is 0 Å². The van der Waals surface area contributed by atoms with Crippen molar-refractivity contribution in [2.75, 3.05) is 13.1 Å². The van der Waals surface area contributed by atoms with Crippen LogP contribution < -0.4 is 0 Å². The summed E-state index contributed by atoms with van der Waals surface area (Å²) in [5.41, 5.74) is 4.67. The van der Waals surface area contributed by atoms with E-state index in [1.165, 1.54) is 36.8 Å². The van der Waals surface area contributed by atoms with Crippen LogP contribution in [0, 0.1) is 12.8 Å². The molecule has 34 heavy (non-hydrogen) atoms. The van der Waals surface area contributed by atoms with Crippen molar-refractivity contribution in [2.24, 2.45) is 10.9 Å². The summed E-state index contributed by atoms with van der Waals surface area (Å²) < 4.78 is 2.21. The molecule has 1 saturated carbocycles. The highest BCUT2D eigenvalue weighted by Gasteiger charge is 2.43. The lowest BCUT2D eigenvalue weighted by atomic mass is 9.87. The van der Waals surface area contributed by atoms with Gasteiger partial charge in [0.05, 0.1) is 6.33 Å². The van der Waals surface area contributed by atoms with Crippen LogP contribution in [0.4, 0.5) is 0 Å². The van der Waals surface area contributed by atoms with Gasteiger partial charge in [0.15, 0.2) is 11.3 Å². The molecular formula is C27H31ClN6. The number of piperidine rings is 1. The van der Waals surface area contributed by atoms with Crippen molar-refractivity contribution in [1.29, 1.82) is 0 Å².